The SMILES string of the molecule is COc1c([C@H]2[C@H](C(=O)Nc3cnc4c(c3)OCC4O)O[C@@](C)(C(F)(F)F)[C@H]2C)ccc(F)c1F. The number of alkyl halides is 3. The quantitative estimate of drug-likeness (QED) is 0.636. The van der Waals surface area contributed by atoms with Gasteiger partial charge < -0.3 is 24.6 Å². The van der Waals surface area contributed by atoms with E-state index in [-0.39, 0.29) is 29.3 Å². The summed E-state index contributed by atoms with van der Waals surface area (Å²) in [6.45, 7) is 2.00. The molecule has 0 radical (unpaired) electrons. The fourth-order valence-corrected chi connectivity index (χ4v) is 4.39. The highest BCUT2D eigenvalue weighted by Crippen LogP contribution is 2.55. The van der Waals surface area contributed by atoms with Gasteiger partial charge in [0.05, 0.1) is 19.0 Å². The highest BCUT2D eigenvalue weighted by atomic mass is 19.4. The number of carbonyl (C=O) groups is 1. The van der Waals surface area contributed by atoms with Crippen LogP contribution in [0, 0.1) is 17.6 Å². The highest BCUT2D eigenvalue weighted by molar-refractivity contribution is 5.95. The van der Waals surface area contributed by atoms with Crippen molar-refractivity contribution in [2.75, 3.05) is 19.0 Å². The Labute approximate surface area is 190 Å². The number of anilines is 1. The number of aliphatic hydroxyl groups is 1. The number of amides is 1. The molecule has 0 spiro atoms. The Bertz CT molecular complexity index is 1130. The van der Waals surface area contributed by atoms with Crippen LogP contribution in [-0.4, -0.2) is 47.6 Å². The summed E-state index contributed by atoms with van der Waals surface area (Å²) in [6.07, 6.45) is -6.33. The molecule has 0 aliphatic carbocycles. The Morgan fingerprint density at radius 2 is 2.03 bits per heavy atom. The molecule has 0 bridgehead atoms. The molecule has 2 aromatic rings. The number of aliphatic hydroxyl groups excluding tert-OH is 1. The number of benzene rings is 1. The Balaban J connectivity index is 1.73. The van der Waals surface area contributed by atoms with E-state index in [0.717, 1.165) is 26.2 Å². The first-order valence-corrected chi connectivity index (χ1v) is 10.3. The van der Waals surface area contributed by atoms with E-state index >= 15 is 0 Å². The van der Waals surface area contributed by atoms with Gasteiger partial charge in [0.25, 0.3) is 5.91 Å². The minimum atomic E-state index is -4.87. The van der Waals surface area contributed by atoms with Crippen molar-refractivity contribution in [2.45, 2.75) is 43.8 Å². The van der Waals surface area contributed by atoms with Crippen LogP contribution in [0.2, 0.25) is 0 Å². The first-order chi connectivity index (χ1) is 15.9. The molecule has 1 aromatic heterocycles. The fraction of sp³-hybridized carbons (Fsp3) is 0.455. The number of halogens is 5. The third-order valence-corrected chi connectivity index (χ3v) is 6.43. The number of nitrogens with zero attached hydrogens (tertiary/aromatic N) is 1. The van der Waals surface area contributed by atoms with E-state index in [9.17, 15) is 31.9 Å². The first-order valence-electron chi connectivity index (χ1n) is 10.3. The van der Waals surface area contributed by atoms with Gasteiger partial charge in [-0.2, -0.15) is 17.6 Å². The second-order valence-electron chi connectivity index (χ2n) is 8.36. The zero-order chi connectivity index (χ0) is 25.0. The number of methoxy groups -OCH3 is 1. The summed E-state index contributed by atoms with van der Waals surface area (Å²) >= 11 is 0. The maximum atomic E-state index is 14.4. The number of hydrogen-bond acceptors (Lipinski definition) is 6. The molecular weight excluding hydrogens is 467 g/mol. The molecule has 1 aromatic carbocycles. The fourth-order valence-electron chi connectivity index (χ4n) is 4.39. The second kappa shape index (κ2) is 8.35. The van der Waals surface area contributed by atoms with E-state index in [1.54, 1.807) is 0 Å². The number of rotatable bonds is 4. The largest absolute Gasteiger partial charge is 0.493 e. The molecule has 2 N–H and O–H groups in total. The van der Waals surface area contributed by atoms with Crippen LogP contribution in [0.4, 0.5) is 27.6 Å². The van der Waals surface area contributed by atoms with Crippen LogP contribution >= 0.6 is 0 Å². The second-order valence-corrected chi connectivity index (χ2v) is 8.36. The van der Waals surface area contributed by atoms with Crippen LogP contribution in [0.15, 0.2) is 24.4 Å². The van der Waals surface area contributed by atoms with Crippen LogP contribution in [0.5, 0.6) is 11.5 Å². The number of ether oxygens (including phenoxy) is 3. The lowest BCUT2D eigenvalue weighted by molar-refractivity contribution is -0.272. The third-order valence-electron chi connectivity index (χ3n) is 6.43. The van der Waals surface area contributed by atoms with Gasteiger partial charge in [0, 0.05) is 23.5 Å². The highest BCUT2D eigenvalue weighted by Gasteiger charge is 2.65. The molecule has 5 atom stereocenters. The van der Waals surface area contributed by atoms with Crippen molar-refractivity contribution in [3.8, 4) is 11.5 Å². The molecule has 3 heterocycles. The first kappa shape index (κ1) is 24.1. The summed E-state index contributed by atoms with van der Waals surface area (Å²) < 4.78 is 85.6. The third kappa shape index (κ3) is 3.74. The molecule has 4 rings (SSSR count). The smallest absolute Gasteiger partial charge is 0.417 e. The molecule has 1 unspecified atom stereocenters. The number of nitrogens with one attached hydrogen (secondary N) is 1. The van der Waals surface area contributed by atoms with Crippen molar-refractivity contribution in [1.82, 2.24) is 4.98 Å². The molecule has 12 heteroatoms. The van der Waals surface area contributed by atoms with E-state index < -0.39 is 59.1 Å². The van der Waals surface area contributed by atoms with E-state index in [2.05, 4.69) is 10.3 Å². The molecule has 7 nitrogen and oxygen atoms in total. The Kier molecular flexibility index (Phi) is 5.93. The predicted octanol–water partition coefficient (Wildman–Crippen LogP) is 3.87. The van der Waals surface area contributed by atoms with Crippen molar-refractivity contribution in [3.05, 3.63) is 47.3 Å². The van der Waals surface area contributed by atoms with Gasteiger partial charge in [-0.3, -0.25) is 9.78 Å². The minimum Gasteiger partial charge on any atom is -0.493 e. The number of fused-ring (bicyclic) bond motifs is 1. The summed E-state index contributed by atoms with van der Waals surface area (Å²) in [7, 11) is 1.05. The number of aromatic nitrogens is 1. The lowest BCUT2D eigenvalue weighted by atomic mass is 9.77. The van der Waals surface area contributed by atoms with E-state index in [1.807, 2.05) is 0 Å². The normalized spacial score (nSPS) is 28.4. The van der Waals surface area contributed by atoms with Gasteiger partial charge in [0.15, 0.2) is 17.2 Å². The van der Waals surface area contributed by atoms with Gasteiger partial charge in [-0.25, -0.2) is 4.39 Å². The molecule has 2 aliphatic rings. The monoisotopic (exact) mass is 488 g/mol. The molecule has 1 saturated heterocycles. The number of carbonyl (C=O) groups excluding carboxylic acids is 1. The van der Waals surface area contributed by atoms with Crippen molar-refractivity contribution >= 4 is 11.6 Å². The van der Waals surface area contributed by atoms with E-state index in [1.165, 1.54) is 19.2 Å². The summed E-state index contributed by atoms with van der Waals surface area (Å²) in [4.78, 5) is 17.2. The lowest BCUT2D eigenvalue weighted by Crippen LogP contribution is -2.47. The summed E-state index contributed by atoms with van der Waals surface area (Å²) in [6, 6.07) is 3.20. The van der Waals surface area contributed by atoms with Gasteiger partial charge in [0.1, 0.15) is 30.3 Å². The maximum absolute atomic E-state index is 14.4. The molecule has 1 fully saturated rings. The van der Waals surface area contributed by atoms with E-state index in [0.29, 0.717) is 0 Å². The lowest BCUT2D eigenvalue weighted by Gasteiger charge is -2.32. The average Bonchev–Trinajstić information content (AvgIpc) is 3.27. The molecular formula is C22H21F5N2O5. The Hall–Kier alpha value is -2.99. The van der Waals surface area contributed by atoms with Gasteiger partial charge in [-0.1, -0.05) is 13.0 Å². The summed E-state index contributed by atoms with van der Waals surface area (Å²) in [5.41, 5.74) is -2.55. The van der Waals surface area contributed by atoms with Crippen molar-refractivity contribution in [3.63, 3.8) is 0 Å². The van der Waals surface area contributed by atoms with Crippen LogP contribution in [0.25, 0.3) is 0 Å². The summed E-state index contributed by atoms with van der Waals surface area (Å²) in [5, 5.41) is 12.2. The van der Waals surface area contributed by atoms with Crippen LogP contribution in [0.1, 0.15) is 37.1 Å². The zero-order valence-electron chi connectivity index (χ0n) is 18.2. The van der Waals surface area contributed by atoms with Crippen LogP contribution in [-0.2, 0) is 9.53 Å². The van der Waals surface area contributed by atoms with Crippen molar-refractivity contribution < 1.29 is 46.1 Å². The summed E-state index contributed by atoms with van der Waals surface area (Å²) in [5.74, 6) is -6.70. The molecule has 1 amide bonds. The van der Waals surface area contributed by atoms with Crippen LogP contribution in [0.3, 0.4) is 0 Å². The van der Waals surface area contributed by atoms with Crippen molar-refractivity contribution in [2.24, 2.45) is 5.92 Å². The van der Waals surface area contributed by atoms with Gasteiger partial charge >= 0.3 is 6.18 Å². The van der Waals surface area contributed by atoms with Crippen LogP contribution < -0.4 is 14.8 Å². The van der Waals surface area contributed by atoms with Gasteiger partial charge in [0.2, 0.25) is 5.82 Å². The van der Waals surface area contributed by atoms with Gasteiger partial charge in [-0.15, -0.1) is 0 Å². The van der Waals surface area contributed by atoms with E-state index in [4.69, 9.17) is 14.2 Å². The maximum Gasteiger partial charge on any atom is 0.417 e. The average molecular weight is 488 g/mol. The Morgan fingerprint density at radius 3 is 2.68 bits per heavy atom. The predicted molar refractivity (Wildman–Crippen MR) is 107 cm³/mol. The van der Waals surface area contributed by atoms with Crippen molar-refractivity contribution in [1.29, 1.82) is 0 Å². The zero-order valence-corrected chi connectivity index (χ0v) is 18.2. The standard InChI is InChI=1S/C22H21F5N2O5/c1-9-15(11-4-5-12(23)16(24)18(11)32-3)19(34-21(9,2)22(25,26)27)20(31)29-10-6-14-17(28-7-10)13(30)8-33-14/h4-7,9,13,15,19,30H,8H2,1-3H3,(H,29,31)/t9-,13?,15-,19+,21+/m0/s1. The molecule has 0 saturated carbocycles. The Morgan fingerprint density at radius 1 is 1.32 bits per heavy atom. The number of pyridine rings is 1. The number of hydrogen-bond donors (Lipinski definition) is 2. The molecule has 34 heavy (non-hydrogen) atoms. The molecule has 2 aliphatic heterocycles. The minimum absolute atomic E-state index is 0.0229. The molecule has 184 valence electrons. The van der Waals surface area contributed by atoms with Gasteiger partial charge in [-0.05, 0) is 13.0 Å². The topological polar surface area (TPSA) is 89.9 Å².